The second kappa shape index (κ2) is 1.87. The third-order valence-electron chi connectivity index (χ3n) is 0.611. The van der Waals surface area contributed by atoms with Crippen LogP contribution >= 0.6 is 11.5 Å². The highest BCUT2D eigenvalue weighted by Crippen LogP contribution is 2.07. The van der Waals surface area contributed by atoms with Crippen LogP contribution in [-0.4, -0.2) is 9.30 Å². The smallest absolute Gasteiger partial charge is 0.358 e. The predicted octanol–water partition coefficient (Wildman–Crippen LogP) is 1.05. The molecule has 0 fully saturated rings. The fourth-order valence-corrected chi connectivity index (χ4v) is 0.779. The van der Waals surface area contributed by atoms with Gasteiger partial charge < -0.3 is 10.1 Å². The van der Waals surface area contributed by atoms with Gasteiger partial charge in [-0.1, -0.05) is 0 Å². The van der Waals surface area contributed by atoms with Gasteiger partial charge in [-0.15, -0.1) is 0 Å². The van der Waals surface area contributed by atoms with Crippen molar-refractivity contribution in [1.29, 1.82) is 0 Å². The van der Waals surface area contributed by atoms with Gasteiger partial charge in [0.2, 0.25) is 0 Å². The minimum Gasteiger partial charge on any atom is -0.358 e. The van der Waals surface area contributed by atoms with Crippen LogP contribution in [0.15, 0.2) is 11.4 Å². The van der Waals surface area contributed by atoms with Crippen molar-refractivity contribution in [3.63, 3.8) is 0 Å². The number of nitrogens with zero attached hydrogens (tertiary/aromatic N) is 2. The predicted molar refractivity (Wildman–Crippen MR) is 28.8 cm³/mol. The fourth-order valence-electron chi connectivity index (χ4n) is 0.300. The van der Waals surface area contributed by atoms with Crippen LogP contribution in [0.25, 0.3) is 0 Å². The van der Waals surface area contributed by atoms with Gasteiger partial charge in [-0.05, 0) is 4.92 Å². The average molecular weight is 130 g/mol. The lowest BCUT2D eigenvalue weighted by Crippen LogP contribution is -1.84. The molecular formula is C3H2N2O2S. The summed E-state index contributed by atoms with van der Waals surface area (Å²) < 4.78 is 3.46. The molecule has 1 aromatic heterocycles. The lowest BCUT2D eigenvalue weighted by molar-refractivity contribution is -0.388. The molecule has 0 unspecified atom stereocenters. The molecule has 4 nitrogen and oxygen atoms in total. The van der Waals surface area contributed by atoms with E-state index in [1.807, 2.05) is 0 Å². The Balaban J connectivity index is 2.93. The summed E-state index contributed by atoms with van der Waals surface area (Å²) in [5.41, 5.74) is 0. The lowest BCUT2D eigenvalue weighted by Gasteiger charge is -1.80. The summed E-state index contributed by atoms with van der Waals surface area (Å²) in [6.45, 7) is 0. The SMILES string of the molecule is O=[N+]([O-])c1ccsn1. The monoisotopic (exact) mass is 130 g/mol. The number of nitro groups is 1. The van der Waals surface area contributed by atoms with Gasteiger partial charge in [0.25, 0.3) is 0 Å². The first-order valence-corrected chi connectivity index (χ1v) is 2.69. The molecular weight excluding hydrogens is 128 g/mol. The van der Waals surface area contributed by atoms with Crippen LogP contribution in [0.4, 0.5) is 5.82 Å². The molecule has 0 saturated carbocycles. The molecule has 1 heterocycles. The molecule has 8 heavy (non-hydrogen) atoms. The molecule has 0 aliphatic carbocycles. The Morgan fingerprint density at radius 1 is 1.88 bits per heavy atom. The van der Waals surface area contributed by atoms with E-state index in [4.69, 9.17) is 0 Å². The topological polar surface area (TPSA) is 56.0 Å². The van der Waals surface area contributed by atoms with Gasteiger partial charge in [0.15, 0.2) is 0 Å². The van der Waals surface area contributed by atoms with E-state index in [9.17, 15) is 10.1 Å². The Hall–Kier alpha value is -0.970. The number of hydrogen-bond donors (Lipinski definition) is 0. The van der Waals surface area contributed by atoms with E-state index in [1.54, 1.807) is 5.38 Å². The van der Waals surface area contributed by atoms with Crippen molar-refractivity contribution in [3.05, 3.63) is 21.6 Å². The van der Waals surface area contributed by atoms with Crippen molar-refractivity contribution < 1.29 is 4.92 Å². The van der Waals surface area contributed by atoms with E-state index in [2.05, 4.69) is 4.37 Å². The molecule has 1 rings (SSSR count). The maximum absolute atomic E-state index is 9.81. The fraction of sp³-hybridized carbons (Fsp3) is 0. The Kier molecular flexibility index (Phi) is 1.21. The lowest BCUT2D eigenvalue weighted by atomic mass is 10.7. The van der Waals surface area contributed by atoms with Crippen LogP contribution in [0.1, 0.15) is 0 Å². The third-order valence-corrected chi connectivity index (χ3v) is 1.16. The summed E-state index contributed by atoms with van der Waals surface area (Å²) in [4.78, 5) is 9.29. The zero-order valence-corrected chi connectivity index (χ0v) is 4.59. The van der Waals surface area contributed by atoms with Crippen LogP contribution in [0.3, 0.4) is 0 Å². The van der Waals surface area contributed by atoms with Crippen LogP contribution in [0.5, 0.6) is 0 Å². The van der Waals surface area contributed by atoms with Crippen LogP contribution in [0.2, 0.25) is 0 Å². The normalized spacial score (nSPS) is 9.00. The van der Waals surface area contributed by atoms with E-state index >= 15 is 0 Å². The highest BCUT2D eigenvalue weighted by Gasteiger charge is 2.03. The summed E-state index contributed by atoms with van der Waals surface area (Å²) >= 11 is 1.08. The molecule has 0 spiro atoms. The quantitative estimate of drug-likeness (QED) is 0.421. The van der Waals surface area contributed by atoms with Crippen molar-refractivity contribution in [2.24, 2.45) is 0 Å². The van der Waals surface area contributed by atoms with Crippen LogP contribution < -0.4 is 0 Å². The highest BCUT2D eigenvalue weighted by atomic mass is 32.1. The van der Waals surface area contributed by atoms with Crippen molar-refractivity contribution in [2.45, 2.75) is 0 Å². The third kappa shape index (κ3) is 0.812. The zero-order valence-electron chi connectivity index (χ0n) is 3.77. The Bertz CT molecular complexity index is 183. The van der Waals surface area contributed by atoms with E-state index in [1.165, 1.54) is 6.07 Å². The number of rotatable bonds is 1. The van der Waals surface area contributed by atoms with Crippen molar-refractivity contribution in [2.75, 3.05) is 0 Å². The Morgan fingerprint density at radius 3 is 2.88 bits per heavy atom. The molecule has 0 N–H and O–H groups in total. The second-order valence-electron chi connectivity index (χ2n) is 1.11. The van der Waals surface area contributed by atoms with Gasteiger partial charge in [-0.25, -0.2) is 0 Å². The zero-order chi connectivity index (χ0) is 5.98. The summed E-state index contributed by atoms with van der Waals surface area (Å²) in [7, 11) is 0. The minimum absolute atomic E-state index is 0.0741. The molecule has 1 aromatic rings. The Labute approximate surface area is 49.1 Å². The van der Waals surface area contributed by atoms with Crippen LogP contribution in [-0.2, 0) is 0 Å². The van der Waals surface area contributed by atoms with Gasteiger partial charge in [0.05, 0.1) is 17.6 Å². The molecule has 0 aromatic carbocycles. The minimum atomic E-state index is -0.517. The molecule has 0 aliphatic rings. The summed E-state index contributed by atoms with van der Waals surface area (Å²) in [6.07, 6.45) is 0. The summed E-state index contributed by atoms with van der Waals surface area (Å²) in [5, 5.41) is 11.4. The molecule has 5 heteroatoms. The highest BCUT2D eigenvalue weighted by molar-refractivity contribution is 7.03. The Morgan fingerprint density at radius 2 is 2.62 bits per heavy atom. The molecule has 0 radical (unpaired) electrons. The van der Waals surface area contributed by atoms with Crippen LogP contribution in [0, 0.1) is 10.1 Å². The first-order valence-electron chi connectivity index (χ1n) is 1.85. The molecule has 0 aliphatic heterocycles. The van der Waals surface area contributed by atoms with E-state index in [-0.39, 0.29) is 5.82 Å². The first-order chi connectivity index (χ1) is 3.80. The average Bonchev–Trinajstić information content (AvgIpc) is 2.12. The largest absolute Gasteiger partial charge is 0.378 e. The van der Waals surface area contributed by atoms with Gasteiger partial charge in [0, 0.05) is 9.75 Å². The van der Waals surface area contributed by atoms with Crippen molar-refractivity contribution in [3.8, 4) is 0 Å². The van der Waals surface area contributed by atoms with Crippen molar-refractivity contribution >= 4 is 17.4 Å². The maximum atomic E-state index is 9.81. The van der Waals surface area contributed by atoms with Gasteiger partial charge in [0.1, 0.15) is 0 Å². The number of aromatic nitrogens is 1. The van der Waals surface area contributed by atoms with Gasteiger partial charge >= 0.3 is 5.82 Å². The number of hydrogen-bond acceptors (Lipinski definition) is 4. The standard InChI is InChI=1S/C3H2N2O2S/c6-5(7)3-1-2-8-4-3/h1-2H. The second-order valence-corrected chi connectivity index (χ2v) is 1.78. The maximum Gasteiger partial charge on any atom is 0.378 e. The molecule has 42 valence electrons. The van der Waals surface area contributed by atoms with Gasteiger partial charge in [-0.3, -0.25) is 0 Å². The molecule has 0 atom stereocenters. The molecule has 0 amide bonds. The molecule has 0 bridgehead atoms. The summed E-state index contributed by atoms with van der Waals surface area (Å²) in [5.74, 6) is -0.0741. The molecule has 0 saturated heterocycles. The van der Waals surface area contributed by atoms with Gasteiger partial charge in [-0.2, -0.15) is 0 Å². The van der Waals surface area contributed by atoms with Crippen molar-refractivity contribution in [1.82, 2.24) is 4.37 Å². The van der Waals surface area contributed by atoms with E-state index in [0.29, 0.717) is 0 Å². The summed E-state index contributed by atoms with van der Waals surface area (Å²) in [6, 6.07) is 1.37. The van der Waals surface area contributed by atoms with E-state index < -0.39 is 4.92 Å². The van der Waals surface area contributed by atoms with E-state index in [0.717, 1.165) is 11.5 Å². The first kappa shape index (κ1) is 5.17.